The second kappa shape index (κ2) is 7.63. The van der Waals surface area contributed by atoms with Crippen LogP contribution in [0.15, 0.2) is 24.3 Å². The molecule has 3 aliphatic rings. The summed E-state index contributed by atoms with van der Waals surface area (Å²) < 4.78 is 44.7. The molecule has 29 heavy (non-hydrogen) atoms. The third kappa shape index (κ3) is 4.13. The number of nitrogens with zero attached hydrogens (tertiary/aromatic N) is 1. The van der Waals surface area contributed by atoms with Crippen LogP contribution in [0, 0.1) is 11.3 Å². The molecular weight excluding hydrogens is 385 g/mol. The van der Waals surface area contributed by atoms with E-state index in [0.717, 1.165) is 38.2 Å². The highest BCUT2D eigenvalue weighted by molar-refractivity contribution is 5.83. The minimum Gasteiger partial charge on any atom is -0.368 e. The van der Waals surface area contributed by atoms with Gasteiger partial charge >= 0.3 is 6.18 Å². The normalized spacial score (nSPS) is 25.8. The lowest BCUT2D eigenvalue weighted by Crippen LogP contribution is -2.45. The van der Waals surface area contributed by atoms with Crippen LogP contribution in [-0.4, -0.2) is 42.5 Å². The van der Waals surface area contributed by atoms with Gasteiger partial charge in [0.1, 0.15) is 6.10 Å². The Hall–Kier alpha value is -2.09. The van der Waals surface area contributed by atoms with Gasteiger partial charge in [-0.05, 0) is 49.1 Å². The highest BCUT2D eigenvalue weighted by Gasteiger charge is 2.58. The van der Waals surface area contributed by atoms with Gasteiger partial charge in [-0.3, -0.25) is 9.59 Å². The number of ether oxygens (including phenoxy) is 1. The fourth-order valence-electron chi connectivity index (χ4n) is 4.68. The maximum absolute atomic E-state index is 13.1. The second-order valence-corrected chi connectivity index (χ2v) is 8.32. The lowest BCUT2D eigenvalue weighted by molar-refractivity contribution is -0.142. The van der Waals surface area contributed by atoms with E-state index in [-0.39, 0.29) is 41.4 Å². The van der Waals surface area contributed by atoms with E-state index < -0.39 is 11.7 Å². The molecule has 2 aliphatic heterocycles. The Morgan fingerprint density at radius 2 is 1.93 bits per heavy atom. The molecule has 1 aliphatic carbocycles. The van der Waals surface area contributed by atoms with Crippen molar-refractivity contribution in [3.8, 4) is 0 Å². The van der Waals surface area contributed by atoms with Crippen molar-refractivity contribution >= 4 is 11.8 Å². The van der Waals surface area contributed by atoms with Crippen LogP contribution in [0.4, 0.5) is 13.2 Å². The number of rotatable bonds is 4. The molecule has 2 unspecified atom stereocenters. The molecule has 8 heteroatoms. The molecule has 2 saturated heterocycles. The van der Waals surface area contributed by atoms with Gasteiger partial charge in [0.15, 0.2) is 0 Å². The molecule has 1 saturated carbocycles. The number of alkyl halides is 3. The number of hydrogen-bond donors (Lipinski definition) is 1. The summed E-state index contributed by atoms with van der Waals surface area (Å²) in [5.74, 6) is -0.329. The van der Waals surface area contributed by atoms with Crippen molar-refractivity contribution in [2.45, 2.75) is 50.9 Å². The van der Waals surface area contributed by atoms with Crippen LogP contribution < -0.4 is 5.32 Å². The molecule has 4 rings (SSSR count). The Bertz CT molecular complexity index is 782. The molecule has 2 heterocycles. The summed E-state index contributed by atoms with van der Waals surface area (Å²) in [5.41, 5.74) is -0.757. The van der Waals surface area contributed by atoms with E-state index in [2.05, 4.69) is 5.32 Å². The average molecular weight is 410 g/mol. The first-order chi connectivity index (χ1) is 13.8. The second-order valence-electron chi connectivity index (χ2n) is 8.32. The molecule has 0 radical (unpaired) electrons. The Morgan fingerprint density at radius 3 is 2.59 bits per heavy atom. The van der Waals surface area contributed by atoms with Crippen LogP contribution in [0.2, 0.25) is 0 Å². The number of nitrogens with one attached hydrogen (secondary N) is 1. The van der Waals surface area contributed by atoms with Crippen molar-refractivity contribution in [1.82, 2.24) is 10.2 Å². The molecule has 5 nitrogen and oxygen atoms in total. The molecule has 0 aromatic heterocycles. The number of likely N-dealkylation sites (tertiary alicyclic amines) is 1. The minimum atomic E-state index is -4.44. The monoisotopic (exact) mass is 410 g/mol. The largest absolute Gasteiger partial charge is 0.416 e. The zero-order chi connectivity index (χ0) is 20.6. The molecule has 2 amide bonds. The maximum Gasteiger partial charge on any atom is 0.416 e. The summed E-state index contributed by atoms with van der Waals surface area (Å²) in [5, 5.41) is 2.68. The predicted molar refractivity (Wildman–Crippen MR) is 98.6 cm³/mol. The summed E-state index contributed by atoms with van der Waals surface area (Å²) in [6, 6.07) is 5.30. The number of hydrogen-bond acceptors (Lipinski definition) is 3. The number of carbonyl (C=O) groups is 2. The van der Waals surface area contributed by atoms with E-state index >= 15 is 0 Å². The number of carbonyl (C=O) groups excluding carboxylic acids is 2. The van der Waals surface area contributed by atoms with Gasteiger partial charge in [-0.2, -0.15) is 13.2 Å². The SMILES string of the molecule is O=C(NCc1ccccc1C(F)(F)F)C1CC12CCN(C(=O)C1CCCO1)CC2. The summed E-state index contributed by atoms with van der Waals surface area (Å²) in [4.78, 5) is 26.8. The Kier molecular flexibility index (Phi) is 5.31. The van der Waals surface area contributed by atoms with Gasteiger partial charge in [-0.1, -0.05) is 18.2 Å². The number of benzene rings is 1. The van der Waals surface area contributed by atoms with Gasteiger partial charge in [-0.15, -0.1) is 0 Å². The van der Waals surface area contributed by atoms with E-state index in [9.17, 15) is 22.8 Å². The van der Waals surface area contributed by atoms with Crippen molar-refractivity contribution in [1.29, 1.82) is 0 Å². The molecule has 1 spiro atoms. The van der Waals surface area contributed by atoms with Crippen LogP contribution in [0.25, 0.3) is 0 Å². The van der Waals surface area contributed by atoms with Crippen molar-refractivity contribution in [3.05, 3.63) is 35.4 Å². The molecule has 1 N–H and O–H groups in total. The van der Waals surface area contributed by atoms with E-state index in [1.165, 1.54) is 18.2 Å². The van der Waals surface area contributed by atoms with Crippen molar-refractivity contribution in [2.75, 3.05) is 19.7 Å². The average Bonchev–Trinajstić information content (AvgIpc) is 3.14. The lowest BCUT2D eigenvalue weighted by Gasteiger charge is -2.34. The summed E-state index contributed by atoms with van der Waals surface area (Å²) >= 11 is 0. The standard InChI is InChI=1S/C21H25F3N2O3/c22-21(23,24)15-5-2-1-4-14(15)13-25-18(27)16-12-20(16)7-9-26(10-8-20)19(28)17-6-3-11-29-17/h1-2,4-5,16-17H,3,6-13H2,(H,25,27). The van der Waals surface area contributed by atoms with Crippen LogP contribution in [-0.2, 0) is 27.0 Å². The third-order valence-electron chi connectivity index (χ3n) is 6.56. The van der Waals surface area contributed by atoms with Crippen molar-refractivity contribution < 1.29 is 27.5 Å². The predicted octanol–water partition coefficient (Wildman–Crippen LogP) is 3.13. The fourth-order valence-corrected chi connectivity index (χ4v) is 4.68. The number of amides is 2. The highest BCUT2D eigenvalue weighted by atomic mass is 19.4. The molecule has 2 atom stereocenters. The number of halogens is 3. The summed E-state index contributed by atoms with van der Waals surface area (Å²) in [7, 11) is 0. The van der Waals surface area contributed by atoms with Gasteiger partial charge < -0.3 is 15.0 Å². The molecule has 1 aromatic rings. The molecule has 0 bridgehead atoms. The topological polar surface area (TPSA) is 58.6 Å². The van der Waals surface area contributed by atoms with Gasteiger partial charge in [0.25, 0.3) is 5.91 Å². The van der Waals surface area contributed by atoms with E-state index in [4.69, 9.17) is 4.74 Å². The molecular formula is C21H25F3N2O3. The molecule has 1 aromatic carbocycles. The highest BCUT2D eigenvalue weighted by Crippen LogP contribution is 2.59. The first kappa shape index (κ1) is 20.2. The van der Waals surface area contributed by atoms with Crippen LogP contribution in [0.5, 0.6) is 0 Å². The first-order valence-electron chi connectivity index (χ1n) is 10.1. The minimum absolute atomic E-state index is 0.0442. The van der Waals surface area contributed by atoms with Crippen molar-refractivity contribution in [3.63, 3.8) is 0 Å². The summed E-state index contributed by atoms with van der Waals surface area (Å²) in [6.07, 6.45) is -0.841. The summed E-state index contributed by atoms with van der Waals surface area (Å²) in [6.45, 7) is 1.72. The fraction of sp³-hybridized carbons (Fsp3) is 0.619. The van der Waals surface area contributed by atoms with E-state index in [0.29, 0.717) is 19.7 Å². The van der Waals surface area contributed by atoms with Crippen LogP contribution >= 0.6 is 0 Å². The van der Waals surface area contributed by atoms with Gasteiger partial charge in [-0.25, -0.2) is 0 Å². The Morgan fingerprint density at radius 1 is 1.21 bits per heavy atom. The Labute approximate surface area is 167 Å². The van der Waals surface area contributed by atoms with Gasteiger partial charge in [0.05, 0.1) is 5.56 Å². The van der Waals surface area contributed by atoms with E-state index in [1.54, 1.807) is 0 Å². The zero-order valence-corrected chi connectivity index (χ0v) is 16.1. The first-order valence-corrected chi connectivity index (χ1v) is 10.1. The van der Waals surface area contributed by atoms with Crippen LogP contribution in [0.1, 0.15) is 43.2 Å². The molecule has 158 valence electrons. The van der Waals surface area contributed by atoms with Gasteiger partial charge in [0.2, 0.25) is 5.91 Å². The quantitative estimate of drug-likeness (QED) is 0.830. The Balaban J connectivity index is 1.29. The smallest absolute Gasteiger partial charge is 0.368 e. The van der Waals surface area contributed by atoms with Gasteiger partial charge in [0, 0.05) is 32.2 Å². The van der Waals surface area contributed by atoms with Crippen molar-refractivity contribution in [2.24, 2.45) is 11.3 Å². The lowest BCUT2D eigenvalue weighted by atomic mass is 9.90. The third-order valence-corrected chi connectivity index (χ3v) is 6.56. The van der Waals surface area contributed by atoms with E-state index in [1.807, 2.05) is 4.90 Å². The maximum atomic E-state index is 13.1. The van der Waals surface area contributed by atoms with Crippen LogP contribution in [0.3, 0.4) is 0 Å². The number of piperidine rings is 1. The molecule has 3 fully saturated rings. The zero-order valence-electron chi connectivity index (χ0n) is 16.1.